The maximum atomic E-state index is 11.5. The molecule has 0 amide bonds. The van der Waals surface area contributed by atoms with E-state index < -0.39 is 0 Å². The SMILES string of the molecule is O=CC1(CN2CC3CCC(O)C3C2)CCCCC1. The van der Waals surface area contributed by atoms with Crippen LogP contribution in [-0.2, 0) is 4.79 Å². The molecule has 0 aromatic heterocycles. The van der Waals surface area contributed by atoms with Gasteiger partial charge in [0.25, 0.3) is 0 Å². The highest BCUT2D eigenvalue weighted by Gasteiger charge is 2.44. The van der Waals surface area contributed by atoms with Gasteiger partial charge in [-0.15, -0.1) is 0 Å². The summed E-state index contributed by atoms with van der Waals surface area (Å²) in [6, 6.07) is 0. The van der Waals surface area contributed by atoms with Crippen molar-refractivity contribution in [1.82, 2.24) is 4.90 Å². The molecule has 1 saturated heterocycles. The smallest absolute Gasteiger partial charge is 0.127 e. The molecule has 0 radical (unpaired) electrons. The first kappa shape index (κ1) is 12.6. The number of hydrogen-bond acceptors (Lipinski definition) is 3. The average Bonchev–Trinajstić information content (AvgIpc) is 2.93. The fourth-order valence-corrected chi connectivity index (χ4v) is 4.47. The van der Waals surface area contributed by atoms with Crippen LogP contribution in [0.3, 0.4) is 0 Å². The lowest BCUT2D eigenvalue weighted by atomic mass is 9.75. The van der Waals surface area contributed by atoms with E-state index in [1.165, 1.54) is 32.0 Å². The lowest BCUT2D eigenvalue weighted by Crippen LogP contribution is -2.40. The molecule has 0 bridgehead atoms. The number of aldehydes is 1. The monoisotopic (exact) mass is 251 g/mol. The summed E-state index contributed by atoms with van der Waals surface area (Å²) in [5.41, 5.74) is -0.0676. The van der Waals surface area contributed by atoms with Gasteiger partial charge in [0, 0.05) is 31.0 Å². The van der Waals surface area contributed by atoms with Gasteiger partial charge in [0.2, 0.25) is 0 Å². The van der Waals surface area contributed by atoms with E-state index >= 15 is 0 Å². The molecule has 3 aliphatic rings. The number of carbonyl (C=O) groups is 1. The Morgan fingerprint density at radius 1 is 1.17 bits per heavy atom. The van der Waals surface area contributed by atoms with Crippen molar-refractivity contribution in [1.29, 1.82) is 0 Å². The van der Waals surface area contributed by atoms with Gasteiger partial charge in [-0.2, -0.15) is 0 Å². The largest absolute Gasteiger partial charge is 0.393 e. The van der Waals surface area contributed by atoms with E-state index in [1.807, 2.05) is 0 Å². The van der Waals surface area contributed by atoms with Crippen molar-refractivity contribution in [3.05, 3.63) is 0 Å². The number of rotatable bonds is 3. The van der Waals surface area contributed by atoms with Crippen molar-refractivity contribution in [2.24, 2.45) is 17.3 Å². The lowest BCUT2D eigenvalue weighted by molar-refractivity contribution is -0.119. The first-order chi connectivity index (χ1) is 8.72. The topological polar surface area (TPSA) is 40.5 Å². The summed E-state index contributed by atoms with van der Waals surface area (Å²) >= 11 is 0. The van der Waals surface area contributed by atoms with Gasteiger partial charge < -0.3 is 14.8 Å². The van der Waals surface area contributed by atoms with Gasteiger partial charge in [-0.1, -0.05) is 19.3 Å². The summed E-state index contributed by atoms with van der Waals surface area (Å²) in [4.78, 5) is 14.0. The molecule has 1 aliphatic heterocycles. The Kier molecular flexibility index (Phi) is 3.46. The molecule has 18 heavy (non-hydrogen) atoms. The van der Waals surface area contributed by atoms with Crippen molar-refractivity contribution in [3.63, 3.8) is 0 Å². The summed E-state index contributed by atoms with van der Waals surface area (Å²) < 4.78 is 0. The second kappa shape index (κ2) is 4.93. The van der Waals surface area contributed by atoms with Crippen LogP contribution in [0.2, 0.25) is 0 Å². The van der Waals surface area contributed by atoms with Gasteiger partial charge in [0.15, 0.2) is 0 Å². The maximum Gasteiger partial charge on any atom is 0.127 e. The molecule has 3 nitrogen and oxygen atoms in total. The third kappa shape index (κ3) is 2.23. The third-order valence-corrected chi connectivity index (χ3v) is 5.53. The minimum atomic E-state index is -0.0847. The van der Waals surface area contributed by atoms with Crippen LogP contribution in [0.5, 0.6) is 0 Å². The third-order valence-electron chi connectivity index (χ3n) is 5.53. The van der Waals surface area contributed by atoms with Crippen LogP contribution in [0.25, 0.3) is 0 Å². The Hall–Kier alpha value is -0.410. The predicted molar refractivity (Wildman–Crippen MR) is 70.2 cm³/mol. The lowest BCUT2D eigenvalue weighted by Gasteiger charge is -2.35. The highest BCUT2D eigenvalue weighted by Crippen LogP contribution is 2.41. The fourth-order valence-electron chi connectivity index (χ4n) is 4.47. The Morgan fingerprint density at radius 3 is 2.61 bits per heavy atom. The molecule has 1 heterocycles. The molecule has 3 fully saturated rings. The number of aliphatic hydroxyl groups is 1. The van der Waals surface area contributed by atoms with Gasteiger partial charge in [-0.05, 0) is 31.6 Å². The standard InChI is InChI=1S/C15H25NO2/c17-11-15(6-2-1-3-7-15)10-16-8-12-4-5-14(18)13(12)9-16/h11-14,18H,1-10H2. The zero-order valence-electron chi connectivity index (χ0n) is 11.2. The number of carbonyl (C=O) groups excluding carboxylic acids is 1. The molecule has 2 saturated carbocycles. The molecule has 0 aromatic carbocycles. The highest BCUT2D eigenvalue weighted by atomic mass is 16.3. The maximum absolute atomic E-state index is 11.5. The zero-order valence-corrected chi connectivity index (χ0v) is 11.2. The van der Waals surface area contributed by atoms with Crippen molar-refractivity contribution in [3.8, 4) is 0 Å². The molecule has 3 unspecified atom stereocenters. The van der Waals surface area contributed by atoms with Gasteiger partial charge in [-0.25, -0.2) is 0 Å². The Labute approximate surface area is 110 Å². The number of fused-ring (bicyclic) bond motifs is 1. The molecule has 3 rings (SSSR count). The van der Waals surface area contributed by atoms with Gasteiger partial charge in [-0.3, -0.25) is 0 Å². The van der Waals surface area contributed by atoms with Crippen molar-refractivity contribution < 1.29 is 9.90 Å². The predicted octanol–water partition coefficient (Wildman–Crippen LogP) is 1.84. The Bertz CT molecular complexity index is 312. The first-order valence-electron chi connectivity index (χ1n) is 7.59. The Balaban J connectivity index is 1.61. The second-order valence-corrected chi connectivity index (χ2v) is 6.80. The number of aliphatic hydroxyl groups excluding tert-OH is 1. The van der Waals surface area contributed by atoms with Gasteiger partial charge in [0.05, 0.1) is 6.10 Å². The van der Waals surface area contributed by atoms with E-state index in [0.717, 1.165) is 38.9 Å². The molecule has 1 N–H and O–H groups in total. The second-order valence-electron chi connectivity index (χ2n) is 6.80. The van der Waals surface area contributed by atoms with E-state index in [2.05, 4.69) is 4.90 Å². The first-order valence-corrected chi connectivity index (χ1v) is 7.59. The van der Waals surface area contributed by atoms with E-state index in [4.69, 9.17) is 0 Å². The molecule has 3 heteroatoms. The quantitative estimate of drug-likeness (QED) is 0.778. The normalized spacial score (nSPS) is 39.7. The van der Waals surface area contributed by atoms with Gasteiger partial charge in [0.1, 0.15) is 6.29 Å². The molecule has 2 aliphatic carbocycles. The zero-order chi connectivity index (χ0) is 12.6. The Morgan fingerprint density at radius 2 is 1.94 bits per heavy atom. The molecule has 102 valence electrons. The van der Waals surface area contributed by atoms with E-state index in [1.54, 1.807) is 0 Å². The van der Waals surface area contributed by atoms with Crippen LogP contribution < -0.4 is 0 Å². The molecular formula is C15H25NO2. The van der Waals surface area contributed by atoms with E-state index in [-0.39, 0.29) is 11.5 Å². The van der Waals surface area contributed by atoms with Crippen molar-refractivity contribution in [2.75, 3.05) is 19.6 Å². The van der Waals surface area contributed by atoms with Crippen LogP contribution in [0, 0.1) is 17.3 Å². The van der Waals surface area contributed by atoms with Crippen LogP contribution in [0.1, 0.15) is 44.9 Å². The van der Waals surface area contributed by atoms with E-state index in [0.29, 0.717) is 11.8 Å². The fraction of sp³-hybridized carbons (Fsp3) is 0.933. The average molecular weight is 251 g/mol. The molecule has 0 spiro atoms. The number of likely N-dealkylation sites (tertiary alicyclic amines) is 1. The molecule has 0 aromatic rings. The summed E-state index contributed by atoms with van der Waals surface area (Å²) in [6.07, 6.45) is 9.17. The van der Waals surface area contributed by atoms with E-state index in [9.17, 15) is 9.90 Å². The minimum Gasteiger partial charge on any atom is -0.393 e. The number of hydrogen-bond donors (Lipinski definition) is 1. The molecule has 3 atom stereocenters. The molecular weight excluding hydrogens is 226 g/mol. The summed E-state index contributed by atoms with van der Waals surface area (Å²) in [5, 5.41) is 9.95. The van der Waals surface area contributed by atoms with Crippen molar-refractivity contribution >= 4 is 6.29 Å². The van der Waals surface area contributed by atoms with Crippen molar-refractivity contribution in [2.45, 2.75) is 51.0 Å². The summed E-state index contributed by atoms with van der Waals surface area (Å²) in [6.45, 7) is 3.06. The van der Waals surface area contributed by atoms with Crippen LogP contribution in [-0.4, -0.2) is 42.0 Å². The summed E-state index contributed by atoms with van der Waals surface area (Å²) in [7, 11) is 0. The van der Waals surface area contributed by atoms with Gasteiger partial charge >= 0.3 is 0 Å². The highest BCUT2D eigenvalue weighted by molar-refractivity contribution is 5.60. The van der Waals surface area contributed by atoms with Crippen LogP contribution >= 0.6 is 0 Å². The summed E-state index contributed by atoms with van der Waals surface area (Å²) in [5.74, 6) is 1.17. The minimum absolute atomic E-state index is 0.0676. The van der Waals surface area contributed by atoms with Crippen LogP contribution in [0.4, 0.5) is 0 Å². The number of nitrogens with zero attached hydrogens (tertiary/aromatic N) is 1. The van der Waals surface area contributed by atoms with Crippen LogP contribution in [0.15, 0.2) is 0 Å².